The van der Waals surface area contributed by atoms with E-state index >= 15 is 0 Å². The van der Waals surface area contributed by atoms with E-state index in [2.05, 4.69) is 53.6 Å². The van der Waals surface area contributed by atoms with Crippen molar-refractivity contribution in [2.45, 2.75) is 40.3 Å². The molecule has 0 heterocycles. The monoisotopic (exact) mass is 367 g/mol. The normalized spacial score (nSPS) is 10.7. The van der Waals surface area contributed by atoms with E-state index < -0.39 is 0 Å². The first kappa shape index (κ1) is 20.6. The van der Waals surface area contributed by atoms with Crippen molar-refractivity contribution in [3.05, 3.63) is 65.2 Å². The van der Waals surface area contributed by atoms with Gasteiger partial charge in [0, 0.05) is 25.7 Å². The Morgan fingerprint density at radius 3 is 1.96 bits per heavy atom. The maximum atomic E-state index is 12.2. The van der Waals surface area contributed by atoms with Crippen LogP contribution in [0, 0.1) is 0 Å². The maximum absolute atomic E-state index is 12.2. The molecule has 0 radical (unpaired) electrons. The summed E-state index contributed by atoms with van der Waals surface area (Å²) in [6.45, 7) is 9.36. The van der Waals surface area contributed by atoms with Crippen LogP contribution in [-0.2, 0) is 29.1 Å². The van der Waals surface area contributed by atoms with Gasteiger partial charge in [0.1, 0.15) is 0 Å². The molecule has 0 saturated heterocycles. The van der Waals surface area contributed by atoms with E-state index in [-0.39, 0.29) is 11.8 Å². The Morgan fingerprint density at radius 2 is 1.41 bits per heavy atom. The van der Waals surface area contributed by atoms with E-state index in [9.17, 15) is 9.59 Å². The zero-order valence-corrected chi connectivity index (χ0v) is 16.4. The van der Waals surface area contributed by atoms with Crippen LogP contribution in [0.5, 0.6) is 0 Å². The fourth-order valence-corrected chi connectivity index (χ4v) is 2.83. The summed E-state index contributed by atoms with van der Waals surface area (Å²) in [5.41, 5.74) is 4.02. The highest BCUT2D eigenvalue weighted by Crippen LogP contribution is 2.11. The number of amides is 2. The lowest BCUT2D eigenvalue weighted by atomic mass is 10.1. The standard InChI is InChI=1S/C22H29N3O2/c1-4-25(5-2)16-20-8-6-19(7-9-20)15-23-22(27)14-18-10-12-21(13-11-18)24-17(3)26/h6-13H,4-5,14-16H2,1-3H3,(H,23,27)(H,24,26). The molecule has 5 heteroatoms. The Labute approximate surface area is 161 Å². The number of anilines is 1. The van der Waals surface area contributed by atoms with Crippen LogP contribution in [0.4, 0.5) is 5.69 Å². The van der Waals surface area contributed by atoms with Crippen molar-refractivity contribution in [3.8, 4) is 0 Å². The zero-order valence-electron chi connectivity index (χ0n) is 16.4. The fourth-order valence-electron chi connectivity index (χ4n) is 2.83. The first-order valence-electron chi connectivity index (χ1n) is 9.43. The van der Waals surface area contributed by atoms with E-state index in [1.807, 2.05) is 12.1 Å². The summed E-state index contributed by atoms with van der Waals surface area (Å²) in [6, 6.07) is 15.7. The Balaban J connectivity index is 1.80. The summed E-state index contributed by atoms with van der Waals surface area (Å²) < 4.78 is 0. The summed E-state index contributed by atoms with van der Waals surface area (Å²) in [5, 5.41) is 5.67. The van der Waals surface area contributed by atoms with Gasteiger partial charge in [-0.05, 0) is 41.9 Å². The second kappa shape index (κ2) is 10.5. The quantitative estimate of drug-likeness (QED) is 0.714. The van der Waals surface area contributed by atoms with Crippen molar-refractivity contribution in [2.24, 2.45) is 0 Å². The lowest BCUT2D eigenvalue weighted by Gasteiger charge is -2.18. The third-order valence-corrected chi connectivity index (χ3v) is 4.45. The first-order chi connectivity index (χ1) is 13.0. The SMILES string of the molecule is CCN(CC)Cc1ccc(CNC(=O)Cc2ccc(NC(C)=O)cc2)cc1. The highest BCUT2D eigenvalue weighted by Gasteiger charge is 2.05. The zero-order chi connectivity index (χ0) is 19.6. The fraction of sp³-hybridized carbons (Fsp3) is 0.364. The molecule has 0 aliphatic rings. The van der Waals surface area contributed by atoms with Crippen molar-refractivity contribution in [1.82, 2.24) is 10.2 Å². The van der Waals surface area contributed by atoms with Crippen molar-refractivity contribution in [1.29, 1.82) is 0 Å². The highest BCUT2D eigenvalue weighted by molar-refractivity contribution is 5.88. The van der Waals surface area contributed by atoms with Crippen LogP contribution in [0.25, 0.3) is 0 Å². The molecule has 0 spiro atoms. The molecule has 5 nitrogen and oxygen atoms in total. The van der Waals surface area contributed by atoms with Crippen LogP contribution in [0.3, 0.4) is 0 Å². The molecule has 0 aromatic heterocycles. The van der Waals surface area contributed by atoms with Gasteiger partial charge in [-0.25, -0.2) is 0 Å². The molecular formula is C22H29N3O2. The molecule has 0 fully saturated rings. The number of nitrogens with one attached hydrogen (secondary N) is 2. The summed E-state index contributed by atoms with van der Waals surface area (Å²) in [5.74, 6) is -0.127. The predicted octanol–water partition coefficient (Wildman–Crippen LogP) is 3.35. The minimum Gasteiger partial charge on any atom is -0.352 e. The lowest BCUT2D eigenvalue weighted by Crippen LogP contribution is -2.24. The van der Waals surface area contributed by atoms with Gasteiger partial charge in [-0.1, -0.05) is 50.2 Å². The number of hydrogen-bond acceptors (Lipinski definition) is 3. The van der Waals surface area contributed by atoms with Crippen molar-refractivity contribution < 1.29 is 9.59 Å². The molecule has 0 aliphatic carbocycles. The summed E-state index contributed by atoms with van der Waals surface area (Å²) >= 11 is 0. The molecule has 0 atom stereocenters. The highest BCUT2D eigenvalue weighted by atomic mass is 16.2. The largest absolute Gasteiger partial charge is 0.352 e. The Hall–Kier alpha value is -2.66. The smallest absolute Gasteiger partial charge is 0.224 e. The molecule has 2 rings (SSSR count). The Bertz CT molecular complexity index is 735. The number of benzene rings is 2. The van der Waals surface area contributed by atoms with Gasteiger partial charge in [-0.2, -0.15) is 0 Å². The molecule has 144 valence electrons. The molecule has 0 bridgehead atoms. The van der Waals surface area contributed by atoms with E-state index in [1.165, 1.54) is 12.5 Å². The second-order valence-corrected chi connectivity index (χ2v) is 6.61. The van der Waals surface area contributed by atoms with Crippen molar-refractivity contribution in [2.75, 3.05) is 18.4 Å². The van der Waals surface area contributed by atoms with Gasteiger partial charge in [0.2, 0.25) is 11.8 Å². The molecule has 2 N–H and O–H groups in total. The van der Waals surface area contributed by atoms with E-state index in [4.69, 9.17) is 0 Å². The number of hydrogen-bond donors (Lipinski definition) is 2. The van der Waals surface area contributed by atoms with Gasteiger partial charge in [0.05, 0.1) is 6.42 Å². The topological polar surface area (TPSA) is 61.4 Å². The Morgan fingerprint density at radius 1 is 0.852 bits per heavy atom. The van der Waals surface area contributed by atoms with Gasteiger partial charge in [-0.15, -0.1) is 0 Å². The second-order valence-electron chi connectivity index (χ2n) is 6.61. The number of carbonyl (C=O) groups is 2. The minimum absolute atomic E-state index is 0.0190. The molecule has 2 amide bonds. The van der Waals surface area contributed by atoms with Crippen LogP contribution >= 0.6 is 0 Å². The van der Waals surface area contributed by atoms with Crippen LogP contribution in [0.15, 0.2) is 48.5 Å². The molecule has 0 aliphatic heterocycles. The minimum atomic E-state index is -0.108. The third-order valence-electron chi connectivity index (χ3n) is 4.45. The summed E-state index contributed by atoms with van der Waals surface area (Å²) in [7, 11) is 0. The van der Waals surface area contributed by atoms with Gasteiger partial charge in [0.15, 0.2) is 0 Å². The molecule has 0 unspecified atom stereocenters. The Kier molecular flexibility index (Phi) is 8.01. The van der Waals surface area contributed by atoms with Gasteiger partial charge >= 0.3 is 0 Å². The molecule has 0 saturated carbocycles. The van der Waals surface area contributed by atoms with Crippen LogP contribution in [0.2, 0.25) is 0 Å². The van der Waals surface area contributed by atoms with Crippen molar-refractivity contribution >= 4 is 17.5 Å². The number of rotatable bonds is 9. The van der Waals surface area contributed by atoms with Crippen LogP contribution in [-0.4, -0.2) is 29.8 Å². The number of nitrogens with zero attached hydrogens (tertiary/aromatic N) is 1. The van der Waals surface area contributed by atoms with E-state index in [0.717, 1.165) is 36.4 Å². The summed E-state index contributed by atoms with van der Waals surface area (Å²) in [4.78, 5) is 25.5. The molecular weight excluding hydrogens is 338 g/mol. The first-order valence-corrected chi connectivity index (χ1v) is 9.43. The molecule has 2 aromatic carbocycles. The van der Waals surface area contributed by atoms with E-state index in [1.54, 1.807) is 12.1 Å². The molecule has 27 heavy (non-hydrogen) atoms. The van der Waals surface area contributed by atoms with Gasteiger partial charge in [0.25, 0.3) is 0 Å². The molecule has 2 aromatic rings. The van der Waals surface area contributed by atoms with Crippen LogP contribution in [0.1, 0.15) is 37.5 Å². The van der Waals surface area contributed by atoms with E-state index in [0.29, 0.717) is 13.0 Å². The van der Waals surface area contributed by atoms with Gasteiger partial charge in [-0.3, -0.25) is 14.5 Å². The lowest BCUT2D eigenvalue weighted by molar-refractivity contribution is -0.120. The average Bonchev–Trinajstić information content (AvgIpc) is 2.66. The predicted molar refractivity (Wildman–Crippen MR) is 109 cm³/mol. The van der Waals surface area contributed by atoms with Crippen LogP contribution < -0.4 is 10.6 Å². The summed E-state index contributed by atoms with van der Waals surface area (Å²) in [6.07, 6.45) is 0.320. The number of carbonyl (C=O) groups excluding carboxylic acids is 2. The van der Waals surface area contributed by atoms with Gasteiger partial charge < -0.3 is 10.6 Å². The van der Waals surface area contributed by atoms with Crippen molar-refractivity contribution in [3.63, 3.8) is 0 Å². The maximum Gasteiger partial charge on any atom is 0.224 e. The third kappa shape index (κ3) is 7.23. The average molecular weight is 367 g/mol.